The number of pyridine rings is 1. The van der Waals surface area contributed by atoms with E-state index in [0.29, 0.717) is 6.54 Å². The van der Waals surface area contributed by atoms with Crippen molar-refractivity contribution >= 4 is 28.1 Å². The molecule has 0 bridgehead atoms. The van der Waals surface area contributed by atoms with Gasteiger partial charge in [0.05, 0.1) is 11.6 Å². The largest absolute Gasteiger partial charge is 0.387 e. The second kappa shape index (κ2) is 5.38. The van der Waals surface area contributed by atoms with Crippen LogP contribution < -0.4 is 5.32 Å². The average molecular weight is 270 g/mol. The van der Waals surface area contributed by atoms with E-state index in [1.165, 1.54) is 0 Å². The molecule has 0 spiro atoms. The molecule has 0 aliphatic heterocycles. The topological polar surface area (TPSA) is 45.1 Å². The summed E-state index contributed by atoms with van der Waals surface area (Å²) in [5, 5.41) is 18.2. The molecule has 0 amide bonds. The monoisotopic (exact) mass is 270 g/mol. The fourth-order valence-corrected chi connectivity index (χ4v) is 2.66. The van der Waals surface area contributed by atoms with E-state index < -0.39 is 6.10 Å². The Kier molecular flexibility index (Phi) is 3.44. The van der Waals surface area contributed by atoms with E-state index in [4.69, 9.17) is 0 Å². The smallest absolute Gasteiger partial charge is 0.126 e. The van der Waals surface area contributed by atoms with E-state index in [2.05, 4.69) is 10.3 Å². The number of fused-ring (bicyclic) bond motifs is 1. The van der Waals surface area contributed by atoms with E-state index in [1.807, 2.05) is 53.2 Å². The number of thiophene rings is 1. The van der Waals surface area contributed by atoms with Crippen molar-refractivity contribution in [1.29, 1.82) is 0 Å². The Morgan fingerprint density at radius 3 is 2.89 bits per heavy atom. The molecule has 1 atom stereocenters. The predicted molar refractivity (Wildman–Crippen MR) is 79.5 cm³/mol. The molecule has 3 nitrogen and oxygen atoms in total. The molecular formula is C15H14N2OS. The number of nitrogens with zero attached hydrogens (tertiary/aromatic N) is 1. The highest BCUT2D eigenvalue weighted by Gasteiger charge is 2.07. The first kappa shape index (κ1) is 12.1. The standard InChI is InChI=1S/C15H14N2OS/c18-14(12-7-8-19-10-12)9-16-15-6-5-11-3-1-2-4-13(11)17-15/h1-8,10,14,18H,9H2,(H,16,17)/t14-/m0/s1. The Bertz CT molecular complexity index is 667. The van der Waals surface area contributed by atoms with Gasteiger partial charge >= 0.3 is 0 Å². The number of nitrogens with one attached hydrogen (secondary N) is 1. The zero-order valence-corrected chi connectivity index (χ0v) is 11.1. The molecule has 4 heteroatoms. The highest BCUT2D eigenvalue weighted by Crippen LogP contribution is 2.18. The van der Waals surface area contributed by atoms with Gasteiger partial charge < -0.3 is 10.4 Å². The average Bonchev–Trinajstić information content (AvgIpc) is 2.99. The molecule has 0 unspecified atom stereocenters. The lowest BCUT2D eigenvalue weighted by Gasteiger charge is -2.11. The first-order valence-electron chi connectivity index (χ1n) is 6.13. The van der Waals surface area contributed by atoms with Crippen molar-refractivity contribution in [2.24, 2.45) is 0 Å². The van der Waals surface area contributed by atoms with Crippen LogP contribution in [0.5, 0.6) is 0 Å². The Morgan fingerprint density at radius 2 is 2.05 bits per heavy atom. The summed E-state index contributed by atoms with van der Waals surface area (Å²) < 4.78 is 0. The van der Waals surface area contributed by atoms with Crippen LogP contribution in [0.3, 0.4) is 0 Å². The molecule has 0 aliphatic rings. The van der Waals surface area contributed by atoms with E-state index in [-0.39, 0.29) is 0 Å². The maximum atomic E-state index is 10.0. The van der Waals surface area contributed by atoms with Crippen molar-refractivity contribution in [3.8, 4) is 0 Å². The summed E-state index contributed by atoms with van der Waals surface area (Å²) in [5.41, 5.74) is 1.90. The number of anilines is 1. The van der Waals surface area contributed by atoms with Crippen molar-refractivity contribution in [2.45, 2.75) is 6.10 Å². The van der Waals surface area contributed by atoms with Gasteiger partial charge in [-0.1, -0.05) is 18.2 Å². The van der Waals surface area contributed by atoms with E-state index in [9.17, 15) is 5.11 Å². The van der Waals surface area contributed by atoms with Crippen LogP contribution in [-0.2, 0) is 0 Å². The van der Waals surface area contributed by atoms with Gasteiger partial charge in [0.15, 0.2) is 0 Å². The Hall–Kier alpha value is -1.91. The summed E-state index contributed by atoms with van der Waals surface area (Å²) in [6, 6.07) is 13.9. The van der Waals surface area contributed by atoms with Crippen LogP contribution in [0.4, 0.5) is 5.82 Å². The predicted octanol–water partition coefficient (Wildman–Crippen LogP) is 3.44. The van der Waals surface area contributed by atoms with E-state index in [0.717, 1.165) is 22.3 Å². The molecule has 19 heavy (non-hydrogen) atoms. The van der Waals surface area contributed by atoms with Crippen LogP contribution >= 0.6 is 11.3 Å². The Labute approximate surface area is 115 Å². The lowest BCUT2D eigenvalue weighted by atomic mass is 10.2. The van der Waals surface area contributed by atoms with Gasteiger partial charge in [-0.15, -0.1) is 0 Å². The number of benzene rings is 1. The normalized spacial score (nSPS) is 12.5. The second-order valence-electron chi connectivity index (χ2n) is 4.34. The third kappa shape index (κ3) is 2.75. The lowest BCUT2D eigenvalue weighted by Crippen LogP contribution is -2.12. The molecule has 3 aromatic rings. The van der Waals surface area contributed by atoms with Gasteiger partial charge in [0.2, 0.25) is 0 Å². The molecule has 2 N–H and O–H groups in total. The van der Waals surface area contributed by atoms with Crippen molar-refractivity contribution < 1.29 is 5.11 Å². The fourth-order valence-electron chi connectivity index (χ4n) is 1.95. The van der Waals surface area contributed by atoms with Gasteiger partial charge in [0, 0.05) is 11.9 Å². The minimum atomic E-state index is -0.500. The highest BCUT2D eigenvalue weighted by atomic mass is 32.1. The van der Waals surface area contributed by atoms with Gasteiger partial charge in [-0.2, -0.15) is 11.3 Å². The molecule has 0 saturated heterocycles. The molecule has 1 aromatic carbocycles. The molecule has 0 saturated carbocycles. The van der Waals surface area contributed by atoms with Gasteiger partial charge in [0.1, 0.15) is 5.82 Å². The Morgan fingerprint density at radius 1 is 1.16 bits per heavy atom. The van der Waals surface area contributed by atoms with Crippen LogP contribution in [0.1, 0.15) is 11.7 Å². The number of hydrogen-bond acceptors (Lipinski definition) is 4. The molecule has 2 heterocycles. The van der Waals surface area contributed by atoms with Crippen LogP contribution in [0.25, 0.3) is 10.9 Å². The third-order valence-corrected chi connectivity index (χ3v) is 3.70. The van der Waals surface area contributed by atoms with Gasteiger partial charge in [0.25, 0.3) is 0 Å². The maximum absolute atomic E-state index is 10.0. The summed E-state index contributed by atoms with van der Waals surface area (Å²) in [6.45, 7) is 0.460. The molecule has 3 rings (SSSR count). The molecule has 0 aliphatic carbocycles. The quantitative estimate of drug-likeness (QED) is 0.763. The second-order valence-corrected chi connectivity index (χ2v) is 5.12. The number of hydrogen-bond donors (Lipinski definition) is 2. The minimum Gasteiger partial charge on any atom is -0.387 e. The van der Waals surface area contributed by atoms with Crippen LogP contribution in [0, 0.1) is 0 Å². The molecular weight excluding hydrogens is 256 g/mol. The zero-order chi connectivity index (χ0) is 13.1. The lowest BCUT2D eigenvalue weighted by molar-refractivity contribution is 0.192. The van der Waals surface area contributed by atoms with Crippen LogP contribution in [0.2, 0.25) is 0 Å². The highest BCUT2D eigenvalue weighted by molar-refractivity contribution is 7.07. The molecule has 96 valence electrons. The van der Waals surface area contributed by atoms with Crippen molar-refractivity contribution in [3.63, 3.8) is 0 Å². The third-order valence-electron chi connectivity index (χ3n) is 3.00. The summed E-state index contributed by atoms with van der Waals surface area (Å²) >= 11 is 1.59. The zero-order valence-electron chi connectivity index (χ0n) is 10.3. The van der Waals surface area contributed by atoms with Gasteiger partial charge in [-0.3, -0.25) is 0 Å². The number of aliphatic hydroxyl groups excluding tert-OH is 1. The first-order chi connectivity index (χ1) is 9.33. The summed E-state index contributed by atoms with van der Waals surface area (Å²) in [7, 11) is 0. The number of aliphatic hydroxyl groups is 1. The van der Waals surface area contributed by atoms with Crippen LogP contribution in [0.15, 0.2) is 53.2 Å². The minimum absolute atomic E-state index is 0.460. The number of para-hydroxylation sites is 1. The van der Waals surface area contributed by atoms with E-state index >= 15 is 0 Å². The van der Waals surface area contributed by atoms with Gasteiger partial charge in [-0.25, -0.2) is 4.98 Å². The molecule has 0 radical (unpaired) electrons. The summed E-state index contributed by atoms with van der Waals surface area (Å²) in [5.74, 6) is 0.785. The SMILES string of the molecule is O[C@@H](CNc1ccc2ccccc2n1)c1ccsc1. The maximum Gasteiger partial charge on any atom is 0.126 e. The van der Waals surface area contributed by atoms with Crippen molar-refractivity contribution in [1.82, 2.24) is 4.98 Å². The van der Waals surface area contributed by atoms with Crippen LogP contribution in [-0.4, -0.2) is 16.6 Å². The Balaban J connectivity index is 1.71. The molecule has 0 fully saturated rings. The van der Waals surface area contributed by atoms with Gasteiger partial charge in [-0.05, 0) is 40.6 Å². The summed E-state index contributed by atoms with van der Waals surface area (Å²) in [6.07, 6.45) is -0.500. The van der Waals surface area contributed by atoms with Crippen molar-refractivity contribution in [2.75, 3.05) is 11.9 Å². The van der Waals surface area contributed by atoms with E-state index in [1.54, 1.807) is 11.3 Å². The fraction of sp³-hybridized carbons (Fsp3) is 0.133. The van der Waals surface area contributed by atoms with Crippen molar-refractivity contribution in [3.05, 3.63) is 58.8 Å². The molecule has 2 aromatic heterocycles. The number of rotatable bonds is 4. The summed E-state index contributed by atoms with van der Waals surface area (Å²) in [4.78, 5) is 4.51. The number of aromatic nitrogens is 1. The first-order valence-corrected chi connectivity index (χ1v) is 7.07.